The second kappa shape index (κ2) is 7.23. The molecule has 0 aliphatic carbocycles. The summed E-state index contributed by atoms with van der Waals surface area (Å²) < 4.78 is 0. The summed E-state index contributed by atoms with van der Waals surface area (Å²) in [6, 6.07) is 11.1. The predicted octanol–water partition coefficient (Wildman–Crippen LogP) is 1.98. The number of hydrogen-bond acceptors (Lipinski definition) is 4. The summed E-state index contributed by atoms with van der Waals surface area (Å²) in [5, 5.41) is 18.5. The minimum absolute atomic E-state index is 0.289. The molecule has 0 radical (unpaired) electrons. The summed E-state index contributed by atoms with van der Waals surface area (Å²) in [4.78, 5) is 5.01. The molecule has 2 aliphatic heterocycles. The topological polar surface area (TPSA) is 50.5 Å². The maximum atomic E-state index is 9.48. The van der Waals surface area contributed by atoms with Crippen molar-refractivity contribution in [1.82, 2.24) is 9.80 Å². The predicted molar refractivity (Wildman–Crippen MR) is 86.3 cm³/mol. The van der Waals surface area contributed by atoms with E-state index in [0.29, 0.717) is 12.1 Å². The van der Waals surface area contributed by atoms with Crippen LogP contribution in [0.1, 0.15) is 36.8 Å². The molecule has 0 spiro atoms. The summed E-state index contributed by atoms with van der Waals surface area (Å²) in [5.74, 6) is 0. The van der Waals surface area contributed by atoms with Gasteiger partial charge in [0.1, 0.15) is 0 Å². The van der Waals surface area contributed by atoms with Gasteiger partial charge < -0.3 is 5.11 Å². The lowest BCUT2D eigenvalue weighted by Gasteiger charge is -2.31. The highest BCUT2D eigenvalue weighted by molar-refractivity contribution is 5.32. The molecule has 2 unspecified atom stereocenters. The Morgan fingerprint density at radius 3 is 2.68 bits per heavy atom. The number of likely N-dealkylation sites (tertiary alicyclic amines) is 2. The van der Waals surface area contributed by atoms with Gasteiger partial charge in [-0.3, -0.25) is 9.80 Å². The lowest BCUT2D eigenvalue weighted by molar-refractivity contribution is 0.120. The third kappa shape index (κ3) is 3.49. The van der Waals surface area contributed by atoms with Crippen LogP contribution in [0.2, 0.25) is 0 Å². The van der Waals surface area contributed by atoms with Gasteiger partial charge in [0.2, 0.25) is 0 Å². The highest BCUT2D eigenvalue weighted by Gasteiger charge is 2.31. The molecule has 1 N–H and O–H groups in total. The minimum Gasteiger partial charge on any atom is -0.395 e. The van der Waals surface area contributed by atoms with Crippen molar-refractivity contribution < 1.29 is 5.11 Å². The van der Waals surface area contributed by atoms with Gasteiger partial charge in [-0.15, -0.1) is 0 Å². The maximum Gasteiger partial charge on any atom is 0.0991 e. The molecule has 2 saturated heterocycles. The van der Waals surface area contributed by atoms with Gasteiger partial charge in [0.05, 0.1) is 18.2 Å². The van der Waals surface area contributed by atoms with E-state index in [0.717, 1.165) is 38.2 Å². The second-order valence-electron chi connectivity index (χ2n) is 6.55. The molecule has 3 rings (SSSR count). The first kappa shape index (κ1) is 15.5. The summed E-state index contributed by atoms with van der Waals surface area (Å²) in [5.41, 5.74) is 1.97. The highest BCUT2D eigenvalue weighted by atomic mass is 16.3. The molecular weight excluding hydrogens is 274 g/mol. The second-order valence-corrected chi connectivity index (χ2v) is 6.55. The number of aliphatic hydroxyl groups excluding tert-OH is 1. The first-order chi connectivity index (χ1) is 10.8. The van der Waals surface area contributed by atoms with E-state index in [9.17, 15) is 5.11 Å². The molecular formula is C18H25N3O. The molecule has 22 heavy (non-hydrogen) atoms. The Hall–Kier alpha value is -1.41. The number of aliphatic hydroxyl groups is 1. The average molecular weight is 299 g/mol. The summed E-state index contributed by atoms with van der Waals surface area (Å²) in [6.07, 6.45) is 4.84. The zero-order valence-corrected chi connectivity index (χ0v) is 13.1. The molecule has 0 bridgehead atoms. The fourth-order valence-corrected chi connectivity index (χ4v) is 3.90. The minimum atomic E-state index is 0.289. The van der Waals surface area contributed by atoms with E-state index in [1.807, 2.05) is 18.2 Å². The highest BCUT2D eigenvalue weighted by Crippen LogP contribution is 2.24. The van der Waals surface area contributed by atoms with Crippen LogP contribution in [0.5, 0.6) is 0 Å². The Labute approximate surface area is 133 Å². The van der Waals surface area contributed by atoms with Crippen LogP contribution in [0.15, 0.2) is 24.3 Å². The van der Waals surface area contributed by atoms with Crippen molar-refractivity contribution in [3.05, 3.63) is 35.4 Å². The van der Waals surface area contributed by atoms with Gasteiger partial charge in [0.15, 0.2) is 0 Å². The van der Waals surface area contributed by atoms with Crippen molar-refractivity contribution in [2.75, 3.05) is 26.2 Å². The van der Waals surface area contributed by atoms with E-state index in [-0.39, 0.29) is 6.61 Å². The van der Waals surface area contributed by atoms with Crippen LogP contribution in [-0.4, -0.2) is 53.2 Å². The smallest absolute Gasteiger partial charge is 0.0991 e. The van der Waals surface area contributed by atoms with Gasteiger partial charge >= 0.3 is 0 Å². The third-order valence-electron chi connectivity index (χ3n) is 5.10. The van der Waals surface area contributed by atoms with Crippen molar-refractivity contribution in [2.24, 2.45) is 0 Å². The van der Waals surface area contributed by atoms with Crippen molar-refractivity contribution in [1.29, 1.82) is 5.26 Å². The van der Waals surface area contributed by atoms with E-state index in [1.165, 1.54) is 24.8 Å². The maximum absolute atomic E-state index is 9.48. The van der Waals surface area contributed by atoms with Crippen LogP contribution >= 0.6 is 0 Å². The fraction of sp³-hybridized carbons (Fsp3) is 0.611. The molecule has 118 valence electrons. The molecule has 0 amide bonds. The van der Waals surface area contributed by atoms with Gasteiger partial charge in [-0.05, 0) is 56.5 Å². The summed E-state index contributed by atoms with van der Waals surface area (Å²) in [7, 11) is 0. The van der Waals surface area contributed by atoms with Crippen LogP contribution < -0.4 is 0 Å². The van der Waals surface area contributed by atoms with Crippen molar-refractivity contribution in [2.45, 2.75) is 44.3 Å². The van der Waals surface area contributed by atoms with Gasteiger partial charge in [-0.1, -0.05) is 12.1 Å². The third-order valence-corrected chi connectivity index (χ3v) is 5.10. The summed E-state index contributed by atoms with van der Waals surface area (Å²) in [6.45, 7) is 4.55. The standard InChI is InChI=1S/C18H25N3O/c19-11-15-4-1-5-16(10-15)12-20-8-2-6-17(20)13-21-9-3-7-18(21)14-22/h1,4-5,10,17-18,22H,2-3,6-9,12-14H2. The molecule has 0 aromatic heterocycles. The van der Waals surface area contributed by atoms with Crippen LogP contribution in [0.25, 0.3) is 0 Å². The number of hydrogen-bond donors (Lipinski definition) is 1. The summed E-state index contributed by atoms with van der Waals surface area (Å²) >= 11 is 0. The van der Waals surface area contributed by atoms with Gasteiger partial charge in [0, 0.05) is 25.2 Å². The zero-order valence-electron chi connectivity index (χ0n) is 13.1. The van der Waals surface area contributed by atoms with Crippen LogP contribution in [0.3, 0.4) is 0 Å². The Morgan fingerprint density at radius 2 is 1.91 bits per heavy atom. The molecule has 4 nitrogen and oxygen atoms in total. The van der Waals surface area contributed by atoms with E-state index in [1.54, 1.807) is 0 Å². The Kier molecular flexibility index (Phi) is 5.09. The van der Waals surface area contributed by atoms with Crippen LogP contribution in [-0.2, 0) is 6.54 Å². The van der Waals surface area contributed by atoms with Gasteiger partial charge in [0.25, 0.3) is 0 Å². The SMILES string of the molecule is N#Cc1cccc(CN2CCCC2CN2CCCC2CO)c1. The Morgan fingerprint density at radius 1 is 1.14 bits per heavy atom. The molecule has 1 aromatic rings. The molecule has 4 heteroatoms. The van der Waals surface area contributed by atoms with E-state index in [4.69, 9.17) is 5.26 Å². The largest absolute Gasteiger partial charge is 0.395 e. The number of nitriles is 1. The monoisotopic (exact) mass is 299 g/mol. The molecule has 0 saturated carbocycles. The van der Waals surface area contributed by atoms with E-state index >= 15 is 0 Å². The normalized spacial score (nSPS) is 26.4. The van der Waals surface area contributed by atoms with E-state index < -0.39 is 0 Å². The molecule has 2 atom stereocenters. The fourth-order valence-electron chi connectivity index (χ4n) is 3.90. The van der Waals surface area contributed by atoms with E-state index in [2.05, 4.69) is 21.9 Å². The molecule has 2 heterocycles. The quantitative estimate of drug-likeness (QED) is 0.903. The molecule has 2 fully saturated rings. The van der Waals surface area contributed by atoms with Crippen molar-refractivity contribution >= 4 is 0 Å². The Balaban J connectivity index is 1.62. The van der Waals surface area contributed by atoms with Gasteiger partial charge in [-0.25, -0.2) is 0 Å². The first-order valence-electron chi connectivity index (χ1n) is 8.38. The first-order valence-corrected chi connectivity index (χ1v) is 8.38. The number of nitrogens with zero attached hydrogens (tertiary/aromatic N) is 3. The van der Waals surface area contributed by atoms with Crippen molar-refractivity contribution in [3.8, 4) is 6.07 Å². The lowest BCUT2D eigenvalue weighted by Crippen LogP contribution is -2.43. The molecule has 1 aromatic carbocycles. The number of benzene rings is 1. The number of rotatable bonds is 5. The van der Waals surface area contributed by atoms with Gasteiger partial charge in [-0.2, -0.15) is 5.26 Å². The lowest BCUT2D eigenvalue weighted by atomic mass is 10.1. The van der Waals surface area contributed by atoms with Crippen LogP contribution in [0.4, 0.5) is 0 Å². The Bertz CT molecular complexity index is 539. The average Bonchev–Trinajstić information content (AvgIpc) is 3.17. The van der Waals surface area contributed by atoms with Crippen LogP contribution in [0, 0.1) is 11.3 Å². The zero-order chi connectivity index (χ0) is 15.4. The van der Waals surface area contributed by atoms with Crippen molar-refractivity contribution in [3.63, 3.8) is 0 Å². The molecule has 2 aliphatic rings.